The fourth-order valence-electron chi connectivity index (χ4n) is 1.88. The molecule has 3 aromatic rings. The van der Waals surface area contributed by atoms with Gasteiger partial charge in [0.2, 0.25) is 11.7 Å². The van der Waals surface area contributed by atoms with Gasteiger partial charge in [-0.05, 0) is 24.3 Å². The molecule has 0 unspecified atom stereocenters. The van der Waals surface area contributed by atoms with Gasteiger partial charge in [0.05, 0.1) is 19.4 Å². The zero-order valence-corrected chi connectivity index (χ0v) is 13.5. The number of rotatable bonds is 5. The molecule has 2 amide bonds. The molecule has 0 aliphatic heterocycles. The van der Waals surface area contributed by atoms with Crippen molar-refractivity contribution in [2.45, 2.75) is 13.1 Å². The summed E-state index contributed by atoms with van der Waals surface area (Å²) >= 11 is 3.43. The van der Waals surface area contributed by atoms with E-state index in [1.54, 1.807) is 18.4 Å². The fourth-order valence-corrected chi connectivity index (χ4v) is 2.34. The van der Waals surface area contributed by atoms with Gasteiger partial charge in [-0.1, -0.05) is 33.2 Å². The summed E-state index contributed by atoms with van der Waals surface area (Å²) in [6.45, 7) is 0.451. The Balaban J connectivity index is 1.53. The van der Waals surface area contributed by atoms with Crippen LogP contribution in [0.1, 0.15) is 11.7 Å². The first-order valence-corrected chi connectivity index (χ1v) is 7.63. The van der Waals surface area contributed by atoms with Crippen molar-refractivity contribution in [1.82, 2.24) is 20.8 Å². The highest BCUT2D eigenvalue weighted by molar-refractivity contribution is 9.10. The molecule has 0 fully saturated rings. The van der Waals surface area contributed by atoms with Crippen LogP contribution >= 0.6 is 15.9 Å². The topological polar surface area (TPSA) is 93.2 Å². The second kappa shape index (κ2) is 7.10. The number of aromatic nitrogens is 2. The Labute approximate surface area is 140 Å². The minimum Gasteiger partial charge on any atom is -0.467 e. The van der Waals surface area contributed by atoms with Crippen molar-refractivity contribution in [2.24, 2.45) is 0 Å². The highest BCUT2D eigenvalue weighted by Gasteiger charge is 2.12. The maximum atomic E-state index is 11.7. The predicted octanol–water partition coefficient (Wildman–Crippen LogP) is 3.09. The van der Waals surface area contributed by atoms with Gasteiger partial charge < -0.3 is 19.6 Å². The predicted molar refractivity (Wildman–Crippen MR) is 85.2 cm³/mol. The highest BCUT2D eigenvalue weighted by Crippen LogP contribution is 2.25. The van der Waals surface area contributed by atoms with E-state index in [0.717, 1.165) is 10.0 Å². The largest absolute Gasteiger partial charge is 0.467 e. The quantitative estimate of drug-likeness (QED) is 0.713. The van der Waals surface area contributed by atoms with Crippen LogP contribution in [-0.4, -0.2) is 16.2 Å². The van der Waals surface area contributed by atoms with Gasteiger partial charge in [0.25, 0.3) is 0 Å². The monoisotopic (exact) mass is 376 g/mol. The molecule has 118 valence electrons. The van der Waals surface area contributed by atoms with E-state index in [0.29, 0.717) is 24.0 Å². The van der Waals surface area contributed by atoms with Gasteiger partial charge in [-0.2, -0.15) is 4.98 Å². The van der Waals surface area contributed by atoms with Crippen molar-refractivity contribution < 1.29 is 13.7 Å². The van der Waals surface area contributed by atoms with Crippen molar-refractivity contribution in [3.63, 3.8) is 0 Å². The summed E-state index contributed by atoms with van der Waals surface area (Å²) < 4.78 is 11.1. The standard InChI is InChI=1S/C15H13BrN4O3/c16-12-6-2-1-5-11(12)14-19-13(23-20-14)9-18-15(21)17-8-10-4-3-7-22-10/h1-7H,8-9H2,(H2,17,18,21). The minimum atomic E-state index is -0.345. The molecular weight excluding hydrogens is 364 g/mol. The molecule has 8 heteroatoms. The Morgan fingerprint density at radius 3 is 2.74 bits per heavy atom. The summed E-state index contributed by atoms with van der Waals surface area (Å²) in [5, 5.41) is 9.21. The number of halogens is 1. The molecule has 2 N–H and O–H groups in total. The Bertz CT molecular complexity index is 786. The fraction of sp³-hybridized carbons (Fsp3) is 0.133. The number of urea groups is 1. The number of nitrogens with zero attached hydrogens (tertiary/aromatic N) is 2. The van der Waals surface area contributed by atoms with E-state index in [1.807, 2.05) is 24.3 Å². The number of furan rings is 1. The first-order valence-electron chi connectivity index (χ1n) is 6.84. The van der Waals surface area contributed by atoms with E-state index >= 15 is 0 Å². The number of nitrogens with one attached hydrogen (secondary N) is 2. The molecule has 0 bridgehead atoms. The molecule has 3 rings (SSSR count). The summed E-state index contributed by atoms with van der Waals surface area (Å²) in [6.07, 6.45) is 1.55. The van der Waals surface area contributed by atoms with E-state index in [2.05, 4.69) is 36.7 Å². The number of carbonyl (C=O) groups excluding carboxylic acids is 1. The molecule has 2 heterocycles. The highest BCUT2D eigenvalue weighted by atomic mass is 79.9. The number of hydrogen-bond donors (Lipinski definition) is 2. The molecular formula is C15H13BrN4O3. The summed E-state index contributed by atoms with van der Waals surface area (Å²) in [7, 11) is 0. The average molecular weight is 377 g/mol. The third kappa shape index (κ3) is 3.98. The van der Waals surface area contributed by atoms with Crippen LogP contribution in [-0.2, 0) is 13.1 Å². The molecule has 0 spiro atoms. The Hall–Kier alpha value is -2.61. The van der Waals surface area contributed by atoms with Crippen molar-refractivity contribution in [1.29, 1.82) is 0 Å². The molecule has 23 heavy (non-hydrogen) atoms. The third-order valence-corrected chi connectivity index (χ3v) is 3.68. The molecule has 2 aromatic heterocycles. The third-order valence-electron chi connectivity index (χ3n) is 2.99. The van der Waals surface area contributed by atoms with Crippen LogP contribution in [0.15, 0.2) is 56.1 Å². The van der Waals surface area contributed by atoms with Gasteiger partial charge >= 0.3 is 6.03 Å². The molecule has 0 aliphatic carbocycles. The van der Waals surface area contributed by atoms with Crippen LogP contribution in [0.25, 0.3) is 11.4 Å². The second-order valence-corrected chi connectivity index (χ2v) is 5.46. The Morgan fingerprint density at radius 2 is 1.96 bits per heavy atom. The van der Waals surface area contributed by atoms with Gasteiger partial charge in [0, 0.05) is 10.0 Å². The normalized spacial score (nSPS) is 10.5. The first kappa shape index (κ1) is 15.3. The maximum Gasteiger partial charge on any atom is 0.315 e. The molecule has 7 nitrogen and oxygen atoms in total. The lowest BCUT2D eigenvalue weighted by Crippen LogP contribution is -2.34. The van der Waals surface area contributed by atoms with E-state index in [9.17, 15) is 4.79 Å². The van der Waals surface area contributed by atoms with Gasteiger partial charge in [-0.3, -0.25) is 0 Å². The lowest BCUT2D eigenvalue weighted by molar-refractivity contribution is 0.237. The zero-order chi connectivity index (χ0) is 16.1. The Kier molecular flexibility index (Phi) is 4.72. The van der Waals surface area contributed by atoms with Crippen molar-refractivity contribution in [3.05, 3.63) is 58.8 Å². The molecule has 0 saturated heterocycles. The smallest absolute Gasteiger partial charge is 0.315 e. The SMILES string of the molecule is O=C(NCc1ccco1)NCc1nc(-c2ccccc2Br)no1. The van der Waals surface area contributed by atoms with E-state index in [-0.39, 0.29) is 12.6 Å². The van der Waals surface area contributed by atoms with Crippen LogP contribution < -0.4 is 10.6 Å². The van der Waals surface area contributed by atoms with Gasteiger partial charge in [0.15, 0.2) is 0 Å². The number of hydrogen-bond acceptors (Lipinski definition) is 5. The van der Waals surface area contributed by atoms with Gasteiger partial charge in [-0.25, -0.2) is 4.79 Å². The lowest BCUT2D eigenvalue weighted by atomic mass is 10.2. The summed E-state index contributed by atoms with van der Waals surface area (Å²) in [6, 6.07) is 10.8. The average Bonchev–Trinajstić information content (AvgIpc) is 3.23. The second-order valence-electron chi connectivity index (χ2n) is 4.61. The van der Waals surface area contributed by atoms with Crippen molar-refractivity contribution in [3.8, 4) is 11.4 Å². The molecule has 0 aliphatic rings. The first-order chi connectivity index (χ1) is 11.2. The lowest BCUT2D eigenvalue weighted by Gasteiger charge is -2.03. The number of amides is 2. The molecule has 0 saturated carbocycles. The molecule has 1 aromatic carbocycles. The number of benzene rings is 1. The van der Waals surface area contributed by atoms with Crippen LogP contribution in [0.4, 0.5) is 4.79 Å². The summed E-state index contributed by atoms with van der Waals surface area (Å²) in [5.41, 5.74) is 0.824. The summed E-state index contributed by atoms with van der Waals surface area (Å²) in [4.78, 5) is 15.9. The molecule has 0 radical (unpaired) electrons. The van der Waals surface area contributed by atoms with Crippen LogP contribution in [0, 0.1) is 0 Å². The summed E-state index contributed by atoms with van der Waals surface area (Å²) in [5.74, 6) is 1.46. The number of carbonyl (C=O) groups is 1. The van der Waals surface area contributed by atoms with Crippen molar-refractivity contribution >= 4 is 22.0 Å². The van der Waals surface area contributed by atoms with E-state index in [4.69, 9.17) is 8.94 Å². The van der Waals surface area contributed by atoms with E-state index < -0.39 is 0 Å². The maximum absolute atomic E-state index is 11.7. The van der Waals surface area contributed by atoms with Gasteiger partial charge in [0.1, 0.15) is 5.76 Å². The van der Waals surface area contributed by atoms with Crippen LogP contribution in [0.5, 0.6) is 0 Å². The molecule has 0 atom stereocenters. The Morgan fingerprint density at radius 1 is 1.13 bits per heavy atom. The minimum absolute atomic E-state index is 0.140. The van der Waals surface area contributed by atoms with Crippen LogP contribution in [0.3, 0.4) is 0 Å². The van der Waals surface area contributed by atoms with Crippen molar-refractivity contribution in [2.75, 3.05) is 0 Å². The zero-order valence-electron chi connectivity index (χ0n) is 12.0. The van der Waals surface area contributed by atoms with Gasteiger partial charge in [-0.15, -0.1) is 0 Å². The van der Waals surface area contributed by atoms with Crippen LogP contribution in [0.2, 0.25) is 0 Å². The van der Waals surface area contributed by atoms with E-state index in [1.165, 1.54) is 0 Å².